The standard InChI is InChI=1S/C15H16BrF2NO2/c16-11-3-4-12(17)10(13(11)18)7-19-6-9-2-1-5-15(9,8-19)14(20)21/h3-4,9H,1-2,5-8H2,(H,20,21)/t9-,15+/m0/s1. The van der Waals surface area contributed by atoms with Crippen LogP contribution in [0.1, 0.15) is 24.8 Å². The van der Waals surface area contributed by atoms with Crippen molar-refractivity contribution in [3.8, 4) is 0 Å². The van der Waals surface area contributed by atoms with Crippen LogP contribution in [-0.4, -0.2) is 29.1 Å². The molecule has 1 aromatic rings. The number of hydrogen-bond acceptors (Lipinski definition) is 2. The number of carbonyl (C=O) groups is 1. The Morgan fingerprint density at radius 2 is 2.24 bits per heavy atom. The van der Waals surface area contributed by atoms with E-state index >= 15 is 0 Å². The van der Waals surface area contributed by atoms with Crippen molar-refractivity contribution in [3.05, 3.63) is 33.8 Å². The van der Waals surface area contributed by atoms with Crippen molar-refractivity contribution < 1.29 is 18.7 Å². The molecule has 0 spiro atoms. The van der Waals surface area contributed by atoms with Gasteiger partial charge in [-0.05, 0) is 46.8 Å². The predicted molar refractivity (Wildman–Crippen MR) is 76.7 cm³/mol. The van der Waals surface area contributed by atoms with Gasteiger partial charge in [0.25, 0.3) is 0 Å². The monoisotopic (exact) mass is 359 g/mol. The first-order valence-electron chi connectivity index (χ1n) is 7.02. The Bertz CT molecular complexity index is 595. The molecule has 0 amide bonds. The Balaban J connectivity index is 1.83. The number of likely N-dealkylation sites (tertiary alicyclic amines) is 1. The van der Waals surface area contributed by atoms with Crippen molar-refractivity contribution in [1.82, 2.24) is 4.90 Å². The summed E-state index contributed by atoms with van der Waals surface area (Å²) in [4.78, 5) is 13.5. The third kappa shape index (κ3) is 2.38. The number of hydrogen-bond donors (Lipinski definition) is 1. The van der Waals surface area contributed by atoms with Crippen molar-refractivity contribution in [3.63, 3.8) is 0 Å². The molecule has 1 saturated carbocycles. The first-order chi connectivity index (χ1) is 9.94. The van der Waals surface area contributed by atoms with Gasteiger partial charge in [-0.15, -0.1) is 0 Å². The van der Waals surface area contributed by atoms with Crippen LogP contribution in [-0.2, 0) is 11.3 Å². The van der Waals surface area contributed by atoms with Crippen LogP contribution in [0.15, 0.2) is 16.6 Å². The number of aliphatic carboxylic acids is 1. The number of rotatable bonds is 3. The summed E-state index contributed by atoms with van der Waals surface area (Å²) >= 11 is 3.06. The number of halogens is 3. The van der Waals surface area contributed by atoms with E-state index in [-0.39, 0.29) is 22.5 Å². The number of carboxylic acids is 1. The van der Waals surface area contributed by atoms with Crippen LogP contribution in [0.2, 0.25) is 0 Å². The van der Waals surface area contributed by atoms with Gasteiger partial charge in [-0.2, -0.15) is 0 Å². The first-order valence-corrected chi connectivity index (χ1v) is 7.81. The fourth-order valence-corrected chi connectivity index (χ4v) is 4.17. The fourth-order valence-electron chi connectivity index (χ4n) is 3.80. The molecule has 1 aromatic carbocycles. The van der Waals surface area contributed by atoms with Crippen LogP contribution in [0.25, 0.3) is 0 Å². The quantitative estimate of drug-likeness (QED) is 0.840. The van der Waals surface area contributed by atoms with E-state index in [4.69, 9.17) is 0 Å². The molecule has 2 fully saturated rings. The number of fused-ring (bicyclic) bond motifs is 1. The van der Waals surface area contributed by atoms with Crippen LogP contribution in [0.5, 0.6) is 0 Å². The summed E-state index contributed by atoms with van der Waals surface area (Å²) in [5, 5.41) is 9.53. The normalized spacial score (nSPS) is 28.8. The van der Waals surface area contributed by atoms with E-state index in [1.807, 2.05) is 4.90 Å². The lowest BCUT2D eigenvalue weighted by Gasteiger charge is -2.23. The van der Waals surface area contributed by atoms with Crippen molar-refractivity contribution >= 4 is 21.9 Å². The SMILES string of the molecule is O=C(O)[C@@]12CCC[C@H]1CN(Cc1c(F)ccc(Br)c1F)C2. The number of benzene rings is 1. The second-order valence-corrected chi connectivity index (χ2v) is 6.90. The molecule has 1 aliphatic carbocycles. The molecule has 21 heavy (non-hydrogen) atoms. The van der Waals surface area contributed by atoms with Crippen LogP contribution < -0.4 is 0 Å². The van der Waals surface area contributed by atoms with Gasteiger partial charge < -0.3 is 5.11 Å². The summed E-state index contributed by atoms with van der Waals surface area (Å²) in [5.74, 6) is -1.87. The molecule has 2 aliphatic rings. The maximum Gasteiger partial charge on any atom is 0.311 e. The molecule has 1 N–H and O–H groups in total. The minimum absolute atomic E-state index is 0.00453. The van der Waals surface area contributed by atoms with E-state index < -0.39 is 23.0 Å². The number of carboxylic acid groups (broad SMARTS) is 1. The summed E-state index contributed by atoms with van der Waals surface area (Å²) in [6.07, 6.45) is 2.46. The van der Waals surface area contributed by atoms with Gasteiger partial charge in [-0.3, -0.25) is 9.69 Å². The molecule has 1 saturated heterocycles. The Labute approximate surface area is 130 Å². The zero-order chi connectivity index (χ0) is 15.2. The fraction of sp³-hybridized carbons (Fsp3) is 0.533. The van der Waals surface area contributed by atoms with E-state index in [1.165, 1.54) is 12.1 Å². The molecule has 0 radical (unpaired) electrons. The smallest absolute Gasteiger partial charge is 0.311 e. The lowest BCUT2D eigenvalue weighted by Crippen LogP contribution is -2.35. The molecule has 0 bridgehead atoms. The molecule has 3 nitrogen and oxygen atoms in total. The summed E-state index contributed by atoms with van der Waals surface area (Å²) in [7, 11) is 0. The molecule has 3 rings (SSSR count). The molecule has 0 aromatic heterocycles. The summed E-state index contributed by atoms with van der Waals surface area (Å²) in [6, 6.07) is 2.57. The molecule has 6 heteroatoms. The van der Waals surface area contributed by atoms with Gasteiger partial charge >= 0.3 is 5.97 Å². The van der Waals surface area contributed by atoms with Gasteiger partial charge in [-0.25, -0.2) is 8.78 Å². The lowest BCUT2D eigenvalue weighted by molar-refractivity contribution is -0.149. The average molecular weight is 360 g/mol. The van der Waals surface area contributed by atoms with Crippen molar-refractivity contribution in [2.75, 3.05) is 13.1 Å². The Morgan fingerprint density at radius 1 is 1.48 bits per heavy atom. The van der Waals surface area contributed by atoms with Gasteiger partial charge in [-0.1, -0.05) is 6.42 Å². The van der Waals surface area contributed by atoms with Crippen LogP contribution in [0, 0.1) is 23.0 Å². The van der Waals surface area contributed by atoms with Crippen molar-refractivity contribution in [2.24, 2.45) is 11.3 Å². The first kappa shape index (κ1) is 14.9. The van der Waals surface area contributed by atoms with E-state index in [2.05, 4.69) is 15.9 Å². The zero-order valence-electron chi connectivity index (χ0n) is 11.4. The maximum atomic E-state index is 14.0. The van der Waals surface area contributed by atoms with E-state index in [0.717, 1.165) is 12.8 Å². The maximum absolute atomic E-state index is 14.0. The molecule has 114 valence electrons. The summed E-state index contributed by atoms with van der Waals surface area (Å²) in [5.41, 5.74) is -0.719. The molecule has 1 heterocycles. The minimum Gasteiger partial charge on any atom is -0.481 e. The van der Waals surface area contributed by atoms with Crippen LogP contribution in [0.4, 0.5) is 8.78 Å². The highest BCUT2D eigenvalue weighted by atomic mass is 79.9. The third-order valence-corrected chi connectivity index (χ3v) is 5.50. The second-order valence-electron chi connectivity index (χ2n) is 6.04. The Morgan fingerprint density at radius 3 is 2.90 bits per heavy atom. The Kier molecular flexibility index (Phi) is 3.78. The number of nitrogens with zero attached hydrogens (tertiary/aromatic N) is 1. The molecular weight excluding hydrogens is 344 g/mol. The summed E-state index contributed by atoms with van der Waals surface area (Å²) < 4.78 is 28.1. The molecule has 0 unspecified atom stereocenters. The minimum atomic E-state index is -0.775. The molecule has 2 atom stereocenters. The van der Waals surface area contributed by atoms with E-state index in [0.29, 0.717) is 19.5 Å². The van der Waals surface area contributed by atoms with Gasteiger partial charge in [0.15, 0.2) is 0 Å². The van der Waals surface area contributed by atoms with E-state index in [9.17, 15) is 18.7 Å². The zero-order valence-corrected chi connectivity index (χ0v) is 13.0. The van der Waals surface area contributed by atoms with Gasteiger partial charge in [0.2, 0.25) is 0 Å². The second kappa shape index (κ2) is 5.32. The molecular formula is C15H16BrF2NO2. The van der Waals surface area contributed by atoms with Crippen LogP contribution in [0.3, 0.4) is 0 Å². The van der Waals surface area contributed by atoms with E-state index in [1.54, 1.807) is 0 Å². The van der Waals surface area contributed by atoms with Gasteiger partial charge in [0, 0.05) is 25.2 Å². The Hall–Kier alpha value is -1.01. The highest BCUT2D eigenvalue weighted by Crippen LogP contribution is 2.49. The summed E-state index contributed by atoms with van der Waals surface area (Å²) in [6.45, 7) is 1.08. The highest BCUT2D eigenvalue weighted by molar-refractivity contribution is 9.10. The van der Waals surface area contributed by atoms with Crippen LogP contribution >= 0.6 is 15.9 Å². The largest absolute Gasteiger partial charge is 0.481 e. The predicted octanol–water partition coefficient (Wildman–Crippen LogP) is 3.41. The lowest BCUT2D eigenvalue weighted by atomic mass is 9.81. The molecule has 1 aliphatic heterocycles. The van der Waals surface area contributed by atoms with Crippen molar-refractivity contribution in [2.45, 2.75) is 25.8 Å². The third-order valence-electron chi connectivity index (χ3n) is 4.89. The van der Waals surface area contributed by atoms with Gasteiger partial charge in [0.1, 0.15) is 11.6 Å². The van der Waals surface area contributed by atoms with Gasteiger partial charge in [0.05, 0.1) is 9.89 Å². The topological polar surface area (TPSA) is 40.5 Å². The highest BCUT2D eigenvalue weighted by Gasteiger charge is 2.54. The van der Waals surface area contributed by atoms with Crippen molar-refractivity contribution in [1.29, 1.82) is 0 Å². The average Bonchev–Trinajstić information content (AvgIpc) is 2.96.